The SMILES string of the molecule is OB(O)Oc1ccccc1-c1cccc2c1Cc1ccccc1-2. The molecule has 0 amide bonds. The van der Waals surface area contributed by atoms with Crippen molar-refractivity contribution in [3.8, 4) is 28.0 Å². The van der Waals surface area contributed by atoms with Crippen molar-refractivity contribution in [3.63, 3.8) is 0 Å². The lowest BCUT2D eigenvalue weighted by Gasteiger charge is -2.14. The highest BCUT2D eigenvalue weighted by molar-refractivity contribution is 6.34. The summed E-state index contributed by atoms with van der Waals surface area (Å²) < 4.78 is 5.15. The van der Waals surface area contributed by atoms with Gasteiger partial charge in [-0.1, -0.05) is 60.7 Å². The molecule has 0 atom stereocenters. The standard InChI is InChI=1S/C19H15BO3/c21-20(22)23-19-11-4-3-8-17(19)16-10-5-9-15-14-7-2-1-6-13(14)12-18(15)16/h1-11,21-22H,12H2. The average molecular weight is 302 g/mol. The van der Waals surface area contributed by atoms with Crippen molar-refractivity contribution in [2.24, 2.45) is 0 Å². The van der Waals surface area contributed by atoms with Gasteiger partial charge in [-0.05, 0) is 40.3 Å². The Morgan fingerprint density at radius 3 is 2.09 bits per heavy atom. The monoisotopic (exact) mass is 302 g/mol. The van der Waals surface area contributed by atoms with Gasteiger partial charge in [0.15, 0.2) is 0 Å². The number of para-hydroxylation sites is 1. The topological polar surface area (TPSA) is 49.7 Å². The third-order valence-electron chi connectivity index (χ3n) is 4.26. The minimum absolute atomic E-state index is 0.465. The molecule has 1 aliphatic carbocycles. The van der Waals surface area contributed by atoms with Crippen LogP contribution in [0.25, 0.3) is 22.3 Å². The van der Waals surface area contributed by atoms with E-state index in [4.69, 9.17) is 14.7 Å². The highest BCUT2D eigenvalue weighted by Crippen LogP contribution is 2.43. The van der Waals surface area contributed by atoms with Crippen molar-refractivity contribution in [2.45, 2.75) is 6.42 Å². The summed E-state index contributed by atoms with van der Waals surface area (Å²) in [5.41, 5.74) is 7.00. The van der Waals surface area contributed by atoms with E-state index in [0.29, 0.717) is 5.75 Å². The quantitative estimate of drug-likeness (QED) is 0.571. The molecule has 4 rings (SSSR count). The lowest BCUT2D eigenvalue weighted by molar-refractivity contribution is 0.288. The average Bonchev–Trinajstić information content (AvgIpc) is 2.94. The lowest BCUT2D eigenvalue weighted by atomic mass is 9.95. The Morgan fingerprint density at radius 2 is 1.30 bits per heavy atom. The van der Waals surface area contributed by atoms with E-state index in [1.165, 1.54) is 22.3 Å². The summed E-state index contributed by atoms with van der Waals surface area (Å²) in [4.78, 5) is 0. The molecule has 23 heavy (non-hydrogen) atoms. The predicted molar refractivity (Wildman–Crippen MR) is 90.9 cm³/mol. The molecule has 3 nitrogen and oxygen atoms in total. The van der Waals surface area contributed by atoms with Gasteiger partial charge in [-0.2, -0.15) is 0 Å². The predicted octanol–water partition coefficient (Wildman–Crippen LogP) is 3.27. The van der Waals surface area contributed by atoms with E-state index in [0.717, 1.165) is 17.5 Å². The molecule has 4 heteroatoms. The molecule has 0 bridgehead atoms. The second-order valence-electron chi connectivity index (χ2n) is 5.61. The highest BCUT2D eigenvalue weighted by atomic mass is 16.6. The van der Waals surface area contributed by atoms with Crippen LogP contribution in [0.2, 0.25) is 0 Å². The molecule has 0 saturated carbocycles. The molecule has 2 N–H and O–H groups in total. The molecule has 0 fully saturated rings. The zero-order valence-electron chi connectivity index (χ0n) is 12.4. The minimum atomic E-state index is -1.83. The Bertz CT molecular complexity index is 874. The van der Waals surface area contributed by atoms with E-state index >= 15 is 0 Å². The van der Waals surface area contributed by atoms with Crippen molar-refractivity contribution in [2.75, 3.05) is 0 Å². The lowest BCUT2D eigenvalue weighted by Crippen LogP contribution is -2.20. The number of fused-ring (bicyclic) bond motifs is 3. The van der Waals surface area contributed by atoms with E-state index in [1.54, 1.807) is 6.07 Å². The van der Waals surface area contributed by atoms with E-state index in [-0.39, 0.29) is 0 Å². The molecule has 0 spiro atoms. The maximum absolute atomic E-state index is 9.15. The summed E-state index contributed by atoms with van der Waals surface area (Å²) in [6.07, 6.45) is 0.873. The molecule has 0 saturated heterocycles. The normalized spacial score (nSPS) is 11.7. The molecular formula is C19H15BO3. The Hall–Kier alpha value is -2.56. The first-order chi connectivity index (χ1) is 11.2. The third-order valence-corrected chi connectivity index (χ3v) is 4.26. The Balaban J connectivity index is 1.87. The van der Waals surface area contributed by atoms with Crippen molar-refractivity contribution in [1.29, 1.82) is 0 Å². The van der Waals surface area contributed by atoms with Gasteiger partial charge in [-0.25, -0.2) is 0 Å². The fourth-order valence-electron chi connectivity index (χ4n) is 3.32. The smallest absolute Gasteiger partial charge is 0.512 e. The molecule has 112 valence electrons. The molecule has 0 heterocycles. The molecule has 0 radical (unpaired) electrons. The van der Waals surface area contributed by atoms with Crippen LogP contribution < -0.4 is 4.65 Å². The third kappa shape index (κ3) is 2.42. The van der Waals surface area contributed by atoms with Crippen molar-refractivity contribution >= 4 is 7.32 Å². The Labute approximate surface area is 135 Å². The summed E-state index contributed by atoms with van der Waals surface area (Å²) in [7, 11) is -1.83. The fourth-order valence-corrected chi connectivity index (χ4v) is 3.32. The maximum atomic E-state index is 9.15. The summed E-state index contributed by atoms with van der Waals surface area (Å²) in [6, 6.07) is 22.1. The van der Waals surface area contributed by atoms with Gasteiger partial charge >= 0.3 is 7.32 Å². The summed E-state index contributed by atoms with van der Waals surface area (Å²) >= 11 is 0. The first-order valence-corrected chi connectivity index (χ1v) is 7.56. The van der Waals surface area contributed by atoms with Gasteiger partial charge in [0.1, 0.15) is 5.75 Å². The van der Waals surface area contributed by atoms with E-state index in [1.807, 2.05) is 24.3 Å². The molecule has 0 unspecified atom stereocenters. The van der Waals surface area contributed by atoms with Crippen molar-refractivity contribution in [3.05, 3.63) is 77.9 Å². The van der Waals surface area contributed by atoms with Crippen LogP contribution in [0.5, 0.6) is 5.75 Å². The molecule has 0 aliphatic heterocycles. The van der Waals surface area contributed by atoms with Gasteiger partial charge in [0.25, 0.3) is 0 Å². The largest absolute Gasteiger partial charge is 0.707 e. The highest BCUT2D eigenvalue weighted by Gasteiger charge is 2.23. The van der Waals surface area contributed by atoms with Crippen LogP contribution in [0.15, 0.2) is 66.7 Å². The summed E-state index contributed by atoms with van der Waals surface area (Å²) in [5, 5.41) is 18.3. The van der Waals surface area contributed by atoms with E-state index < -0.39 is 7.32 Å². The van der Waals surface area contributed by atoms with Gasteiger partial charge in [-0.15, -0.1) is 0 Å². The molecule has 3 aromatic rings. The van der Waals surface area contributed by atoms with Crippen molar-refractivity contribution in [1.82, 2.24) is 0 Å². The molecule has 1 aliphatic rings. The van der Waals surface area contributed by atoms with Crippen LogP contribution in [0, 0.1) is 0 Å². The first kappa shape index (κ1) is 14.1. The zero-order valence-corrected chi connectivity index (χ0v) is 12.4. The molecular weight excluding hydrogens is 287 g/mol. The Morgan fingerprint density at radius 1 is 0.696 bits per heavy atom. The van der Waals surface area contributed by atoms with Gasteiger partial charge in [0.05, 0.1) is 0 Å². The zero-order chi connectivity index (χ0) is 15.8. The van der Waals surface area contributed by atoms with Gasteiger partial charge in [-0.3, -0.25) is 0 Å². The van der Waals surface area contributed by atoms with Crippen LogP contribution in [-0.4, -0.2) is 17.4 Å². The number of hydrogen-bond acceptors (Lipinski definition) is 3. The number of hydrogen-bond donors (Lipinski definition) is 2. The van der Waals surface area contributed by atoms with Gasteiger partial charge < -0.3 is 14.7 Å². The van der Waals surface area contributed by atoms with Crippen LogP contribution >= 0.6 is 0 Å². The van der Waals surface area contributed by atoms with Crippen LogP contribution in [-0.2, 0) is 6.42 Å². The second kappa shape index (κ2) is 5.58. The first-order valence-electron chi connectivity index (χ1n) is 7.56. The van der Waals surface area contributed by atoms with Crippen LogP contribution in [0.3, 0.4) is 0 Å². The van der Waals surface area contributed by atoms with Gasteiger partial charge in [0.2, 0.25) is 0 Å². The molecule has 3 aromatic carbocycles. The number of benzene rings is 3. The van der Waals surface area contributed by atoms with Gasteiger partial charge in [0, 0.05) is 5.56 Å². The van der Waals surface area contributed by atoms with Crippen LogP contribution in [0.4, 0.5) is 0 Å². The van der Waals surface area contributed by atoms with E-state index in [2.05, 4.69) is 36.4 Å². The van der Waals surface area contributed by atoms with Crippen LogP contribution in [0.1, 0.15) is 11.1 Å². The molecule has 0 aromatic heterocycles. The summed E-state index contributed by atoms with van der Waals surface area (Å²) in [5.74, 6) is 0.465. The Kier molecular flexibility index (Phi) is 3.41. The second-order valence-corrected chi connectivity index (χ2v) is 5.61. The van der Waals surface area contributed by atoms with E-state index in [9.17, 15) is 0 Å². The number of rotatable bonds is 3. The maximum Gasteiger partial charge on any atom is 0.707 e. The summed E-state index contributed by atoms with van der Waals surface area (Å²) in [6.45, 7) is 0. The van der Waals surface area contributed by atoms with Crippen molar-refractivity contribution < 1.29 is 14.7 Å². The minimum Gasteiger partial charge on any atom is -0.512 e. The fraction of sp³-hybridized carbons (Fsp3) is 0.0526.